The van der Waals surface area contributed by atoms with Gasteiger partial charge in [0, 0.05) is 6.61 Å². The Labute approximate surface area is 77.4 Å². The number of carbonyl (C=O) groups is 1. The molecule has 1 aliphatic heterocycles. The van der Waals surface area contributed by atoms with Crippen LogP contribution >= 0.6 is 0 Å². The van der Waals surface area contributed by atoms with Gasteiger partial charge in [-0.3, -0.25) is 4.79 Å². The summed E-state index contributed by atoms with van der Waals surface area (Å²) in [5, 5.41) is 0. The van der Waals surface area contributed by atoms with Crippen LogP contribution in [-0.4, -0.2) is 24.9 Å². The number of rotatable bonds is 3. The van der Waals surface area contributed by atoms with Crippen LogP contribution < -0.4 is 5.73 Å². The first-order valence-electron chi connectivity index (χ1n) is 4.84. The van der Waals surface area contributed by atoms with Crippen molar-refractivity contribution in [2.24, 2.45) is 11.7 Å². The minimum absolute atomic E-state index is 0.0283. The molecule has 2 fully saturated rings. The van der Waals surface area contributed by atoms with Crippen molar-refractivity contribution in [3.8, 4) is 0 Å². The van der Waals surface area contributed by atoms with Gasteiger partial charge in [-0.1, -0.05) is 0 Å². The molecule has 3 atom stereocenters. The molecule has 0 bridgehead atoms. The van der Waals surface area contributed by atoms with E-state index in [4.69, 9.17) is 15.2 Å². The van der Waals surface area contributed by atoms with Gasteiger partial charge in [0.05, 0.1) is 12.0 Å². The lowest BCUT2D eigenvalue weighted by atomic mass is 10.2. The largest absolute Gasteiger partial charge is 0.369 e. The third-order valence-electron chi connectivity index (χ3n) is 2.56. The zero-order chi connectivity index (χ0) is 9.26. The van der Waals surface area contributed by atoms with Crippen LogP contribution in [0.3, 0.4) is 0 Å². The van der Waals surface area contributed by atoms with Gasteiger partial charge < -0.3 is 15.2 Å². The first-order chi connectivity index (χ1) is 6.27. The van der Waals surface area contributed by atoms with E-state index in [9.17, 15) is 4.79 Å². The van der Waals surface area contributed by atoms with Crippen molar-refractivity contribution in [1.29, 1.82) is 0 Å². The van der Waals surface area contributed by atoms with Crippen molar-refractivity contribution >= 4 is 5.91 Å². The standard InChI is InChI=1S/C9H15NO3/c10-9(11)6-5-7(6)13-8-3-1-2-4-12-8/h6-8H,1-5H2,(H2,10,11)/t6-,7-,8?/m0/s1. The molecular formula is C9H15NO3. The molecule has 13 heavy (non-hydrogen) atoms. The summed E-state index contributed by atoms with van der Waals surface area (Å²) in [6, 6.07) is 0. The van der Waals surface area contributed by atoms with E-state index in [1.54, 1.807) is 0 Å². The number of carbonyl (C=O) groups excluding carboxylic acids is 1. The monoisotopic (exact) mass is 185 g/mol. The quantitative estimate of drug-likeness (QED) is 0.692. The molecule has 1 saturated heterocycles. The summed E-state index contributed by atoms with van der Waals surface area (Å²) >= 11 is 0. The normalized spacial score (nSPS) is 38.6. The van der Waals surface area contributed by atoms with Crippen LogP contribution in [0.5, 0.6) is 0 Å². The second-order valence-corrected chi connectivity index (χ2v) is 3.72. The maximum Gasteiger partial charge on any atom is 0.223 e. The van der Waals surface area contributed by atoms with E-state index in [2.05, 4.69) is 0 Å². The summed E-state index contributed by atoms with van der Waals surface area (Å²) in [7, 11) is 0. The molecule has 0 radical (unpaired) electrons. The minimum Gasteiger partial charge on any atom is -0.369 e. The third kappa shape index (κ3) is 2.19. The van der Waals surface area contributed by atoms with Gasteiger partial charge in [0.1, 0.15) is 0 Å². The average Bonchev–Trinajstić information content (AvgIpc) is 2.86. The summed E-state index contributed by atoms with van der Waals surface area (Å²) < 4.78 is 10.9. The highest BCUT2D eigenvalue weighted by molar-refractivity contribution is 5.80. The van der Waals surface area contributed by atoms with Crippen LogP contribution in [0.25, 0.3) is 0 Å². The Morgan fingerprint density at radius 1 is 1.46 bits per heavy atom. The fourth-order valence-electron chi connectivity index (χ4n) is 1.63. The van der Waals surface area contributed by atoms with Crippen molar-refractivity contribution < 1.29 is 14.3 Å². The molecule has 0 spiro atoms. The lowest BCUT2D eigenvalue weighted by Crippen LogP contribution is -2.25. The van der Waals surface area contributed by atoms with Crippen LogP contribution in [0.4, 0.5) is 0 Å². The molecule has 4 heteroatoms. The number of ether oxygens (including phenoxy) is 2. The molecule has 4 nitrogen and oxygen atoms in total. The fraction of sp³-hybridized carbons (Fsp3) is 0.889. The molecular weight excluding hydrogens is 170 g/mol. The summed E-state index contributed by atoms with van der Waals surface area (Å²) in [6.07, 6.45) is 3.92. The summed E-state index contributed by atoms with van der Waals surface area (Å²) in [6.45, 7) is 0.776. The van der Waals surface area contributed by atoms with E-state index >= 15 is 0 Å². The van der Waals surface area contributed by atoms with E-state index in [1.807, 2.05) is 0 Å². The first-order valence-corrected chi connectivity index (χ1v) is 4.84. The fourth-order valence-corrected chi connectivity index (χ4v) is 1.63. The van der Waals surface area contributed by atoms with E-state index in [1.165, 1.54) is 0 Å². The maximum atomic E-state index is 10.7. The number of primary amides is 1. The zero-order valence-corrected chi connectivity index (χ0v) is 7.57. The van der Waals surface area contributed by atoms with Gasteiger partial charge >= 0.3 is 0 Å². The Morgan fingerprint density at radius 3 is 2.85 bits per heavy atom. The van der Waals surface area contributed by atoms with Crippen molar-refractivity contribution in [3.63, 3.8) is 0 Å². The molecule has 1 aliphatic carbocycles. The zero-order valence-electron chi connectivity index (χ0n) is 7.57. The first kappa shape index (κ1) is 8.97. The van der Waals surface area contributed by atoms with E-state index in [0.29, 0.717) is 0 Å². The van der Waals surface area contributed by atoms with Crippen molar-refractivity contribution in [2.45, 2.75) is 38.1 Å². The maximum absolute atomic E-state index is 10.7. The predicted molar refractivity (Wildman–Crippen MR) is 45.8 cm³/mol. The molecule has 0 aromatic carbocycles. The number of nitrogens with two attached hydrogens (primary N) is 1. The van der Waals surface area contributed by atoms with Gasteiger partial charge in [-0.15, -0.1) is 0 Å². The third-order valence-corrected chi connectivity index (χ3v) is 2.56. The summed E-state index contributed by atoms with van der Waals surface area (Å²) in [4.78, 5) is 10.7. The molecule has 1 heterocycles. The molecule has 1 unspecified atom stereocenters. The van der Waals surface area contributed by atoms with Crippen LogP contribution in [0.15, 0.2) is 0 Å². The Balaban J connectivity index is 1.70. The molecule has 74 valence electrons. The van der Waals surface area contributed by atoms with Crippen LogP contribution in [0.1, 0.15) is 25.7 Å². The molecule has 2 N–H and O–H groups in total. The van der Waals surface area contributed by atoms with Crippen LogP contribution in [0.2, 0.25) is 0 Å². The molecule has 2 aliphatic rings. The highest BCUT2D eigenvalue weighted by Gasteiger charge is 2.44. The van der Waals surface area contributed by atoms with Gasteiger partial charge in [-0.05, 0) is 25.7 Å². The molecule has 1 saturated carbocycles. The SMILES string of the molecule is NC(=O)[C@H]1C[C@@H]1OC1CCCCO1. The number of hydrogen-bond acceptors (Lipinski definition) is 3. The van der Waals surface area contributed by atoms with Crippen molar-refractivity contribution in [1.82, 2.24) is 0 Å². The lowest BCUT2D eigenvalue weighted by Gasteiger charge is -2.22. The summed E-state index contributed by atoms with van der Waals surface area (Å²) in [5.41, 5.74) is 5.13. The second kappa shape index (κ2) is 3.64. The Bertz CT molecular complexity index is 201. The van der Waals surface area contributed by atoms with Gasteiger partial charge in [0.2, 0.25) is 5.91 Å². The number of amides is 1. The van der Waals surface area contributed by atoms with Gasteiger partial charge in [0.15, 0.2) is 6.29 Å². The molecule has 0 aromatic rings. The van der Waals surface area contributed by atoms with Crippen molar-refractivity contribution in [2.75, 3.05) is 6.61 Å². The number of hydrogen-bond donors (Lipinski definition) is 1. The van der Waals surface area contributed by atoms with E-state index in [0.717, 1.165) is 32.3 Å². The molecule has 0 aromatic heterocycles. The van der Waals surface area contributed by atoms with E-state index < -0.39 is 0 Å². The topological polar surface area (TPSA) is 61.6 Å². The second-order valence-electron chi connectivity index (χ2n) is 3.72. The average molecular weight is 185 g/mol. The lowest BCUT2D eigenvalue weighted by molar-refractivity contribution is -0.171. The highest BCUT2D eigenvalue weighted by atomic mass is 16.7. The van der Waals surface area contributed by atoms with Gasteiger partial charge in [-0.2, -0.15) is 0 Å². The van der Waals surface area contributed by atoms with Crippen LogP contribution in [-0.2, 0) is 14.3 Å². The summed E-state index contributed by atoms with van der Waals surface area (Å²) in [5.74, 6) is -0.314. The van der Waals surface area contributed by atoms with E-state index in [-0.39, 0.29) is 24.2 Å². The van der Waals surface area contributed by atoms with Gasteiger partial charge in [-0.25, -0.2) is 0 Å². The highest BCUT2D eigenvalue weighted by Crippen LogP contribution is 2.35. The molecule has 2 rings (SSSR count). The Kier molecular flexibility index (Phi) is 2.51. The molecule has 1 amide bonds. The van der Waals surface area contributed by atoms with Gasteiger partial charge in [0.25, 0.3) is 0 Å². The smallest absolute Gasteiger partial charge is 0.223 e. The minimum atomic E-state index is -0.249. The Hall–Kier alpha value is -0.610. The predicted octanol–water partition coefficient (Wildman–Crippen LogP) is 0.403. The Morgan fingerprint density at radius 2 is 2.31 bits per heavy atom. The van der Waals surface area contributed by atoms with Crippen LogP contribution in [0, 0.1) is 5.92 Å². The van der Waals surface area contributed by atoms with Crippen molar-refractivity contribution in [3.05, 3.63) is 0 Å².